The minimum Gasteiger partial charge on any atom is -0.480 e. The van der Waals surface area contributed by atoms with Gasteiger partial charge in [0.25, 0.3) is 0 Å². The number of hydrogen-bond acceptors (Lipinski definition) is 4. The normalized spacial score (nSPS) is 13.9. The topological polar surface area (TPSA) is 55.2 Å². The Morgan fingerprint density at radius 3 is 2.68 bits per heavy atom. The maximum Gasteiger partial charge on any atom is 0.238 e. The Balaban J connectivity index is 2.59. The minimum absolute atomic E-state index is 0.340. The maximum absolute atomic E-state index is 11.0. The van der Waals surface area contributed by atoms with E-state index in [9.17, 15) is 5.11 Å². The first-order valence-electron chi connectivity index (χ1n) is 5.95. The van der Waals surface area contributed by atoms with Crippen molar-refractivity contribution in [2.24, 2.45) is 0 Å². The molecule has 5 heteroatoms. The molecule has 0 saturated heterocycles. The van der Waals surface area contributed by atoms with Gasteiger partial charge in [-0.25, -0.2) is 4.98 Å². The number of hydrogen-bond donors (Lipinski definition) is 1. The quantitative estimate of drug-likeness (QED) is 0.940. The van der Waals surface area contributed by atoms with Crippen molar-refractivity contribution in [3.05, 3.63) is 52.4 Å². The molecule has 0 fully saturated rings. The molecule has 0 aliphatic heterocycles. The molecule has 2 aromatic rings. The van der Waals surface area contributed by atoms with E-state index in [2.05, 4.69) is 25.9 Å². The average molecular weight is 323 g/mol. The van der Waals surface area contributed by atoms with E-state index in [-0.39, 0.29) is 0 Å². The van der Waals surface area contributed by atoms with Crippen LogP contribution >= 0.6 is 15.9 Å². The molecule has 4 nitrogen and oxygen atoms in total. The van der Waals surface area contributed by atoms with Crippen LogP contribution in [-0.2, 0) is 5.60 Å². The Bertz CT molecular complexity index is 577. The van der Waals surface area contributed by atoms with Crippen molar-refractivity contribution < 1.29 is 9.84 Å². The Kier molecular flexibility index (Phi) is 4.17. The standard InChI is InChI=1S/C14H15BrN2O2/c1-3-14(18,10-5-4-6-11(15)9-10)12-13(19-2)17-8-7-16-12/h4-9,18H,3H2,1-2H3. The van der Waals surface area contributed by atoms with Crippen LogP contribution in [0.2, 0.25) is 0 Å². The number of ether oxygens (including phenoxy) is 1. The summed E-state index contributed by atoms with van der Waals surface area (Å²) in [6.07, 6.45) is 3.56. The van der Waals surface area contributed by atoms with E-state index in [1.165, 1.54) is 7.11 Å². The molecular weight excluding hydrogens is 308 g/mol. The molecule has 0 spiro atoms. The highest BCUT2D eigenvalue weighted by atomic mass is 79.9. The summed E-state index contributed by atoms with van der Waals surface area (Å²) < 4.78 is 6.10. The summed E-state index contributed by atoms with van der Waals surface area (Å²) in [5, 5.41) is 11.0. The van der Waals surface area contributed by atoms with Gasteiger partial charge >= 0.3 is 0 Å². The minimum atomic E-state index is -1.22. The first-order chi connectivity index (χ1) is 9.11. The van der Waals surface area contributed by atoms with Gasteiger partial charge < -0.3 is 9.84 Å². The van der Waals surface area contributed by atoms with Gasteiger partial charge in [0.1, 0.15) is 11.3 Å². The lowest BCUT2D eigenvalue weighted by atomic mass is 9.88. The maximum atomic E-state index is 11.0. The first kappa shape index (κ1) is 14.0. The number of halogens is 1. The van der Waals surface area contributed by atoms with E-state index in [1.54, 1.807) is 12.4 Å². The van der Waals surface area contributed by atoms with Crippen LogP contribution in [0, 0.1) is 0 Å². The van der Waals surface area contributed by atoms with Crippen molar-refractivity contribution in [2.45, 2.75) is 18.9 Å². The van der Waals surface area contributed by atoms with Gasteiger partial charge in [-0.2, -0.15) is 0 Å². The SMILES string of the molecule is CCC(O)(c1cccc(Br)c1)c1nccnc1OC. The van der Waals surface area contributed by atoms with Crippen molar-refractivity contribution in [1.82, 2.24) is 9.97 Å². The lowest BCUT2D eigenvalue weighted by Crippen LogP contribution is -2.28. The van der Waals surface area contributed by atoms with Crippen LogP contribution in [0.3, 0.4) is 0 Å². The molecule has 0 bridgehead atoms. The summed E-state index contributed by atoms with van der Waals surface area (Å²) in [5.74, 6) is 0.340. The molecule has 0 aliphatic carbocycles. The zero-order chi connectivity index (χ0) is 13.9. The Morgan fingerprint density at radius 1 is 1.32 bits per heavy atom. The molecule has 0 aliphatic rings. The monoisotopic (exact) mass is 322 g/mol. The highest BCUT2D eigenvalue weighted by Crippen LogP contribution is 2.36. The van der Waals surface area contributed by atoms with Gasteiger partial charge in [0.05, 0.1) is 7.11 Å². The third kappa shape index (κ3) is 2.62. The average Bonchev–Trinajstić information content (AvgIpc) is 2.46. The van der Waals surface area contributed by atoms with E-state index in [1.807, 2.05) is 31.2 Å². The third-order valence-corrected chi connectivity index (χ3v) is 3.56. The van der Waals surface area contributed by atoms with Gasteiger partial charge in [0.2, 0.25) is 5.88 Å². The third-order valence-electron chi connectivity index (χ3n) is 3.06. The summed E-state index contributed by atoms with van der Waals surface area (Å²) in [5.41, 5.74) is -0.0371. The van der Waals surface area contributed by atoms with E-state index < -0.39 is 5.60 Å². The molecule has 1 aromatic carbocycles. The van der Waals surface area contributed by atoms with Gasteiger partial charge in [0, 0.05) is 16.9 Å². The van der Waals surface area contributed by atoms with Crippen molar-refractivity contribution in [3.63, 3.8) is 0 Å². The number of benzene rings is 1. The summed E-state index contributed by atoms with van der Waals surface area (Å²) in [6, 6.07) is 7.52. The van der Waals surface area contributed by atoms with Crippen LogP contribution in [0.15, 0.2) is 41.1 Å². The molecule has 0 amide bonds. The fraction of sp³-hybridized carbons (Fsp3) is 0.286. The first-order valence-corrected chi connectivity index (χ1v) is 6.75. The molecule has 1 unspecified atom stereocenters. The second kappa shape index (κ2) is 5.67. The second-order valence-electron chi connectivity index (χ2n) is 4.14. The van der Waals surface area contributed by atoms with Crippen LogP contribution in [-0.4, -0.2) is 22.2 Å². The van der Waals surface area contributed by atoms with Gasteiger partial charge in [-0.15, -0.1) is 0 Å². The highest BCUT2D eigenvalue weighted by Gasteiger charge is 2.35. The largest absolute Gasteiger partial charge is 0.480 e. The molecule has 1 atom stereocenters. The van der Waals surface area contributed by atoms with Crippen LogP contribution in [0.1, 0.15) is 24.6 Å². The zero-order valence-corrected chi connectivity index (χ0v) is 12.4. The van der Waals surface area contributed by atoms with Crippen molar-refractivity contribution in [3.8, 4) is 5.88 Å². The molecule has 0 radical (unpaired) electrons. The van der Waals surface area contributed by atoms with Crippen LogP contribution in [0.25, 0.3) is 0 Å². The van der Waals surface area contributed by atoms with Crippen LogP contribution in [0.4, 0.5) is 0 Å². The van der Waals surface area contributed by atoms with Gasteiger partial charge in [0.15, 0.2) is 0 Å². The van der Waals surface area contributed by atoms with Crippen molar-refractivity contribution in [2.75, 3.05) is 7.11 Å². The molecule has 19 heavy (non-hydrogen) atoms. The van der Waals surface area contributed by atoms with E-state index in [0.29, 0.717) is 18.0 Å². The van der Waals surface area contributed by atoms with Crippen LogP contribution < -0.4 is 4.74 Å². The van der Waals surface area contributed by atoms with Crippen molar-refractivity contribution >= 4 is 15.9 Å². The number of nitrogens with zero attached hydrogens (tertiary/aromatic N) is 2. The summed E-state index contributed by atoms with van der Waals surface area (Å²) in [4.78, 5) is 8.35. The van der Waals surface area contributed by atoms with Gasteiger partial charge in [-0.05, 0) is 24.1 Å². The van der Waals surface area contributed by atoms with E-state index in [0.717, 1.165) is 10.0 Å². The predicted molar refractivity (Wildman–Crippen MR) is 76.0 cm³/mol. The molecular formula is C14H15BrN2O2. The fourth-order valence-electron chi connectivity index (χ4n) is 2.01. The number of methoxy groups -OCH3 is 1. The van der Waals surface area contributed by atoms with Crippen molar-refractivity contribution in [1.29, 1.82) is 0 Å². The Morgan fingerprint density at radius 2 is 2.05 bits per heavy atom. The lowest BCUT2D eigenvalue weighted by molar-refractivity contribution is 0.0679. The molecule has 100 valence electrons. The fourth-order valence-corrected chi connectivity index (χ4v) is 2.41. The second-order valence-corrected chi connectivity index (χ2v) is 5.05. The van der Waals surface area contributed by atoms with E-state index >= 15 is 0 Å². The van der Waals surface area contributed by atoms with E-state index in [4.69, 9.17) is 4.74 Å². The van der Waals surface area contributed by atoms with Crippen LogP contribution in [0.5, 0.6) is 5.88 Å². The number of aromatic nitrogens is 2. The van der Waals surface area contributed by atoms with Gasteiger partial charge in [-0.1, -0.05) is 35.0 Å². The van der Waals surface area contributed by atoms with Gasteiger partial charge in [-0.3, -0.25) is 4.98 Å². The summed E-state index contributed by atoms with van der Waals surface area (Å²) in [7, 11) is 1.52. The number of rotatable bonds is 4. The predicted octanol–water partition coefficient (Wildman–Crippen LogP) is 2.89. The molecule has 0 saturated carbocycles. The Hall–Kier alpha value is -1.46. The number of aliphatic hydroxyl groups is 1. The Labute approximate surface area is 120 Å². The lowest BCUT2D eigenvalue weighted by Gasteiger charge is -2.27. The zero-order valence-electron chi connectivity index (χ0n) is 10.8. The smallest absolute Gasteiger partial charge is 0.238 e. The molecule has 1 heterocycles. The molecule has 1 aromatic heterocycles. The summed E-state index contributed by atoms with van der Waals surface area (Å²) >= 11 is 3.41. The molecule has 2 rings (SSSR count). The summed E-state index contributed by atoms with van der Waals surface area (Å²) in [6.45, 7) is 1.90. The highest BCUT2D eigenvalue weighted by molar-refractivity contribution is 9.10. The molecule has 1 N–H and O–H groups in total.